The fraction of sp³-hybridized carbons (Fsp3) is 0.588. The zero-order valence-electron chi connectivity index (χ0n) is 13.1. The molecule has 0 radical (unpaired) electrons. The van der Waals surface area contributed by atoms with Crippen LogP contribution in [0.5, 0.6) is 0 Å². The summed E-state index contributed by atoms with van der Waals surface area (Å²) in [5.74, 6) is -0.929. The van der Waals surface area contributed by atoms with Crippen molar-refractivity contribution in [1.29, 1.82) is 0 Å². The Bertz CT molecular complexity index is 443. The highest BCUT2D eigenvalue weighted by Crippen LogP contribution is 2.12. The van der Waals surface area contributed by atoms with Crippen LogP contribution < -0.4 is 5.32 Å². The van der Waals surface area contributed by atoms with Gasteiger partial charge in [-0.15, -0.1) is 0 Å². The molecule has 0 aliphatic heterocycles. The molecule has 2 N–H and O–H groups in total. The Morgan fingerprint density at radius 1 is 1.25 bits per heavy atom. The Labute approximate surface area is 122 Å². The molecule has 0 amide bonds. The molecule has 0 bridgehead atoms. The normalized spacial score (nSPS) is 14.0. The summed E-state index contributed by atoms with van der Waals surface area (Å²) in [5, 5.41) is 12.4. The van der Waals surface area contributed by atoms with Gasteiger partial charge in [0.15, 0.2) is 0 Å². The van der Waals surface area contributed by atoms with E-state index < -0.39 is 5.97 Å². The third-order valence-electron chi connectivity index (χ3n) is 3.84. The largest absolute Gasteiger partial charge is 0.481 e. The highest BCUT2D eigenvalue weighted by atomic mass is 16.4. The van der Waals surface area contributed by atoms with Crippen molar-refractivity contribution >= 4 is 5.97 Å². The molecule has 0 saturated carbocycles. The Kier molecular flexibility index (Phi) is 6.73. The molecule has 3 nitrogen and oxygen atoms in total. The first-order valence-corrected chi connectivity index (χ1v) is 7.42. The predicted molar refractivity (Wildman–Crippen MR) is 82.9 cm³/mol. The van der Waals surface area contributed by atoms with Gasteiger partial charge >= 0.3 is 5.97 Å². The number of carboxylic acids is 1. The van der Waals surface area contributed by atoms with Crippen molar-refractivity contribution in [2.24, 2.45) is 5.92 Å². The molecule has 0 fully saturated rings. The van der Waals surface area contributed by atoms with Gasteiger partial charge in [-0.25, -0.2) is 0 Å². The first-order valence-electron chi connectivity index (χ1n) is 7.42. The molecule has 112 valence electrons. The van der Waals surface area contributed by atoms with Crippen LogP contribution in [0.15, 0.2) is 18.2 Å². The van der Waals surface area contributed by atoms with Gasteiger partial charge in [0.1, 0.15) is 0 Å². The Morgan fingerprint density at radius 2 is 1.95 bits per heavy atom. The molecular weight excluding hydrogens is 250 g/mol. The van der Waals surface area contributed by atoms with E-state index in [0.717, 1.165) is 25.8 Å². The average Bonchev–Trinajstić information content (AvgIpc) is 2.39. The number of aryl methyl sites for hydroxylation is 2. The molecule has 0 heterocycles. The predicted octanol–water partition coefficient (Wildman–Crippen LogP) is 3.67. The second-order valence-corrected chi connectivity index (χ2v) is 5.88. The molecule has 0 aromatic heterocycles. The minimum Gasteiger partial charge on any atom is -0.481 e. The van der Waals surface area contributed by atoms with Crippen LogP contribution in [0.25, 0.3) is 0 Å². The topological polar surface area (TPSA) is 49.3 Å². The summed E-state index contributed by atoms with van der Waals surface area (Å²) in [6.45, 7) is 9.06. The van der Waals surface area contributed by atoms with Crippen LogP contribution in [0, 0.1) is 19.8 Å². The van der Waals surface area contributed by atoms with Gasteiger partial charge < -0.3 is 10.4 Å². The Hall–Kier alpha value is -1.35. The first kappa shape index (κ1) is 16.7. The summed E-state index contributed by atoms with van der Waals surface area (Å²) in [6.07, 6.45) is 2.72. The number of carbonyl (C=O) groups is 1. The van der Waals surface area contributed by atoms with E-state index in [1.54, 1.807) is 6.92 Å². The van der Waals surface area contributed by atoms with Gasteiger partial charge in [-0.1, -0.05) is 37.1 Å². The van der Waals surface area contributed by atoms with Crippen LogP contribution in [0.1, 0.15) is 49.8 Å². The highest BCUT2D eigenvalue weighted by Gasteiger charge is 2.11. The monoisotopic (exact) mass is 277 g/mol. The number of rotatable bonds is 8. The number of carboxylic acid groups (broad SMARTS) is 1. The molecular formula is C17H27NO2. The first-order chi connectivity index (χ1) is 9.40. The van der Waals surface area contributed by atoms with Crippen molar-refractivity contribution in [2.45, 2.75) is 59.5 Å². The maximum Gasteiger partial charge on any atom is 0.306 e. The van der Waals surface area contributed by atoms with Crippen LogP contribution >= 0.6 is 0 Å². The van der Waals surface area contributed by atoms with Crippen LogP contribution in [0.3, 0.4) is 0 Å². The molecule has 3 heteroatoms. The average molecular weight is 277 g/mol. The number of hydrogen-bond acceptors (Lipinski definition) is 2. The van der Waals surface area contributed by atoms with Gasteiger partial charge in [0.2, 0.25) is 0 Å². The zero-order valence-corrected chi connectivity index (χ0v) is 13.1. The smallest absolute Gasteiger partial charge is 0.306 e. The summed E-state index contributed by atoms with van der Waals surface area (Å²) < 4.78 is 0. The van der Waals surface area contributed by atoms with Crippen molar-refractivity contribution in [1.82, 2.24) is 5.32 Å². The van der Waals surface area contributed by atoms with Gasteiger partial charge in [0, 0.05) is 12.6 Å². The molecule has 0 aliphatic carbocycles. The summed E-state index contributed by atoms with van der Waals surface area (Å²) in [6, 6.07) is 6.93. The zero-order chi connectivity index (χ0) is 15.1. The van der Waals surface area contributed by atoms with Crippen molar-refractivity contribution in [3.63, 3.8) is 0 Å². The lowest BCUT2D eigenvalue weighted by atomic mass is 10.0. The van der Waals surface area contributed by atoms with Gasteiger partial charge in [0.25, 0.3) is 0 Å². The van der Waals surface area contributed by atoms with Crippen molar-refractivity contribution in [3.8, 4) is 0 Å². The minimum absolute atomic E-state index is 0.235. The van der Waals surface area contributed by atoms with Crippen molar-refractivity contribution in [2.75, 3.05) is 0 Å². The molecule has 0 aliphatic rings. The van der Waals surface area contributed by atoms with E-state index in [1.165, 1.54) is 16.7 Å². The maximum atomic E-state index is 10.7. The van der Waals surface area contributed by atoms with Gasteiger partial charge in [-0.3, -0.25) is 4.79 Å². The third-order valence-corrected chi connectivity index (χ3v) is 3.84. The summed E-state index contributed by atoms with van der Waals surface area (Å²) in [4.78, 5) is 10.7. The second-order valence-electron chi connectivity index (χ2n) is 5.88. The fourth-order valence-electron chi connectivity index (χ4n) is 2.23. The lowest BCUT2D eigenvalue weighted by Gasteiger charge is -2.16. The quantitative estimate of drug-likeness (QED) is 0.762. The molecule has 20 heavy (non-hydrogen) atoms. The minimum atomic E-state index is -0.694. The van der Waals surface area contributed by atoms with Crippen LogP contribution in [0.2, 0.25) is 0 Å². The molecule has 2 unspecified atom stereocenters. The van der Waals surface area contributed by atoms with E-state index in [9.17, 15) is 4.79 Å². The number of nitrogens with one attached hydrogen (secondary N) is 1. The second kappa shape index (κ2) is 8.05. The summed E-state index contributed by atoms with van der Waals surface area (Å²) in [7, 11) is 0. The summed E-state index contributed by atoms with van der Waals surface area (Å²) in [5.41, 5.74) is 3.95. The molecule has 2 atom stereocenters. The molecule has 1 aromatic rings. The third kappa shape index (κ3) is 5.74. The SMILES string of the molecule is Cc1ccc(C)c(CNC(C)CCCC(C)C(=O)O)c1. The summed E-state index contributed by atoms with van der Waals surface area (Å²) >= 11 is 0. The molecule has 1 aromatic carbocycles. The highest BCUT2D eigenvalue weighted by molar-refractivity contribution is 5.69. The van der Waals surface area contributed by atoms with E-state index in [0.29, 0.717) is 6.04 Å². The van der Waals surface area contributed by atoms with Crippen LogP contribution in [-0.2, 0) is 11.3 Å². The van der Waals surface area contributed by atoms with E-state index in [4.69, 9.17) is 5.11 Å². The van der Waals surface area contributed by atoms with Crippen LogP contribution in [0.4, 0.5) is 0 Å². The number of hydrogen-bond donors (Lipinski definition) is 2. The molecule has 0 spiro atoms. The van der Waals surface area contributed by atoms with Gasteiger partial charge in [-0.05, 0) is 44.7 Å². The fourth-order valence-corrected chi connectivity index (χ4v) is 2.23. The van der Waals surface area contributed by atoms with E-state index in [1.807, 2.05) is 0 Å². The number of benzene rings is 1. The molecule has 0 saturated heterocycles. The van der Waals surface area contributed by atoms with Crippen molar-refractivity contribution in [3.05, 3.63) is 34.9 Å². The van der Waals surface area contributed by atoms with Crippen LogP contribution in [-0.4, -0.2) is 17.1 Å². The number of aliphatic carboxylic acids is 1. The molecule has 1 rings (SSSR count). The van der Waals surface area contributed by atoms with Gasteiger partial charge in [-0.2, -0.15) is 0 Å². The standard InChI is InChI=1S/C17H27NO2/c1-12-8-9-13(2)16(10-12)11-18-15(4)7-5-6-14(3)17(19)20/h8-10,14-15,18H,5-7,11H2,1-4H3,(H,19,20). The van der Waals surface area contributed by atoms with E-state index in [2.05, 4.69) is 44.3 Å². The van der Waals surface area contributed by atoms with Crippen molar-refractivity contribution < 1.29 is 9.90 Å². The van der Waals surface area contributed by atoms with E-state index >= 15 is 0 Å². The van der Waals surface area contributed by atoms with Gasteiger partial charge in [0.05, 0.1) is 5.92 Å². The lowest BCUT2D eigenvalue weighted by Crippen LogP contribution is -2.26. The van der Waals surface area contributed by atoms with E-state index in [-0.39, 0.29) is 5.92 Å². The lowest BCUT2D eigenvalue weighted by molar-refractivity contribution is -0.141. The Balaban J connectivity index is 2.31. The maximum absolute atomic E-state index is 10.7. The Morgan fingerprint density at radius 3 is 2.60 bits per heavy atom.